The standard InChI is InChI=1S/C46H55N7O8/c1-29-42(54)52-38(46(58)59)27-32-15-19-39(60-24-22-48)35(26-32)36-28-34(18-20-40(36)61-25-23-49)41(44(56)50-29)53(2)45(57)37(10-6-7-21-47)51-43(55)33-16-13-31(14-17-33)12-11-30-8-4-3-5-9-30/h3-5,8-9,11-20,26,28-29,37-38,41H,6-7,10,21-25,27,47-49H2,1-2H3,(H,50,56)(H,51,55)(H,52,54)(H,58,59). The maximum Gasteiger partial charge on any atom is 0.326 e. The van der Waals surface area contributed by atoms with Gasteiger partial charge in [0.05, 0.1) is 0 Å². The number of ether oxygens (including phenoxy) is 2. The number of unbranched alkanes of at least 4 members (excludes halogenated alkanes) is 1. The van der Waals surface area contributed by atoms with Crippen molar-refractivity contribution in [3.63, 3.8) is 0 Å². The molecule has 0 saturated heterocycles. The first-order chi connectivity index (χ1) is 29.4. The molecule has 61 heavy (non-hydrogen) atoms. The molecule has 0 spiro atoms. The average molecular weight is 834 g/mol. The highest BCUT2D eigenvalue weighted by molar-refractivity contribution is 5.99. The number of hydrogen-bond donors (Lipinski definition) is 7. The number of benzene rings is 4. The Morgan fingerprint density at radius 2 is 1.43 bits per heavy atom. The fourth-order valence-electron chi connectivity index (χ4n) is 6.94. The van der Waals surface area contributed by atoms with E-state index in [0.29, 0.717) is 58.7 Å². The molecule has 5 rings (SSSR count). The number of hydrogen-bond acceptors (Lipinski definition) is 10. The van der Waals surface area contributed by atoms with Gasteiger partial charge in [-0.15, -0.1) is 0 Å². The molecule has 1 heterocycles. The SMILES string of the molecule is CC1NC(=O)C(N(C)C(=O)C(CCCCN)NC(=O)c2ccc(C=Cc3ccccc3)cc2)c2ccc(OCCN)c(c2)-c2cc(ccc2OCCN)CC(C(=O)O)NC1=O. The smallest absolute Gasteiger partial charge is 0.326 e. The van der Waals surface area contributed by atoms with E-state index in [1.54, 1.807) is 48.5 Å². The summed E-state index contributed by atoms with van der Waals surface area (Å²) in [5.41, 5.74) is 21.5. The lowest BCUT2D eigenvalue weighted by molar-refractivity contribution is -0.143. The van der Waals surface area contributed by atoms with Crippen LogP contribution in [0.3, 0.4) is 0 Å². The summed E-state index contributed by atoms with van der Waals surface area (Å²) in [6, 6.07) is 21.9. The summed E-state index contributed by atoms with van der Waals surface area (Å²) in [5.74, 6) is -3.03. The minimum absolute atomic E-state index is 0.0861. The molecule has 0 radical (unpaired) electrons. The van der Waals surface area contributed by atoms with Crippen molar-refractivity contribution in [2.75, 3.05) is 39.9 Å². The van der Waals surface area contributed by atoms with Gasteiger partial charge in [0.25, 0.3) is 5.91 Å². The van der Waals surface area contributed by atoms with Crippen molar-refractivity contribution >= 4 is 41.8 Å². The second-order valence-electron chi connectivity index (χ2n) is 14.7. The lowest BCUT2D eigenvalue weighted by Crippen LogP contribution is -2.54. The maximum absolute atomic E-state index is 14.7. The van der Waals surface area contributed by atoms with Gasteiger partial charge in [0, 0.05) is 43.2 Å². The third-order valence-electron chi connectivity index (χ3n) is 10.2. The van der Waals surface area contributed by atoms with Crippen molar-refractivity contribution in [2.24, 2.45) is 17.2 Å². The van der Waals surface area contributed by atoms with Crippen molar-refractivity contribution in [2.45, 2.75) is 56.8 Å². The Bertz CT molecular complexity index is 2180. The normalized spacial score (nSPS) is 17.0. The summed E-state index contributed by atoms with van der Waals surface area (Å²) in [6.45, 7) is 2.51. The molecule has 322 valence electrons. The molecule has 1 aliphatic rings. The predicted molar refractivity (Wildman–Crippen MR) is 233 cm³/mol. The fourth-order valence-corrected chi connectivity index (χ4v) is 6.94. The molecule has 4 bridgehead atoms. The van der Waals surface area contributed by atoms with E-state index in [2.05, 4.69) is 16.0 Å². The van der Waals surface area contributed by atoms with E-state index < -0.39 is 53.8 Å². The number of amides is 4. The topological polar surface area (TPSA) is 241 Å². The molecule has 0 aliphatic carbocycles. The van der Waals surface area contributed by atoms with Gasteiger partial charge >= 0.3 is 5.97 Å². The monoisotopic (exact) mass is 833 g/mol. The Balaban J connectivity index is 1.55. The van der Waals surface area contributed by atoms with E-state index in [0.717, 1.165) is 11.1 Å². The number of likely N-dealkylation sites (N-methyl/N-ethyl adjacent to an activating group) is 1. The summed E-state index contributed by atoms with van der Waals surface area (Å²) < 4.78 is 12.1. The number of carboxylic acids is 1. The lowest BCUT2D eigenvalue weighted by Gasteiger charge is -2.32. The molecule has 4 unspecified atom stereocenters. The number of aliphatic carboxylic acids is 1. The highest BCUT2D eigenvalue weighted by Crippen LogP contribution is 2.40. The Morgan fingerprint density at radius 3 is 2.05 bits per heavy atom. The van der Waals surface area contributed by atoms with Crippen molar-refractivity contribution in [3.8, 4) is 22.6 Å². The molecule has 4 atom stereocenters. The first-order valence-electron chi connectivity index (χ1n) is 20.3. The van der Waals surface area contributed by atoms with Crippen LogP contribution in [0.15, 0.2) is 91.0 Å². The third-order valence-corrected chi connectivity index (χ3v) is 10.2. The lowest BCUT2D eigenvalue weighted by atomic mass is 9.93. The van der Waals surface area contributed by atoms with Crippen LogP contribution in [-0.2, 0) is 25.6 Å². The number of nitrogens with zero attached hydrogens (tertiary/aromatic N) is 1. The highest BCUT2D eigenvalue weighted by Gasteiger charge is 2.36. The van der Waals surface area contributed by atoms with E-state index in [-0.39, 0.29) is 39.1 Å². The van der Waals surface area contributed by atoms with E-state index in [9.17, 15) is 29.1 Å². The van der Waals surface area contributed by atoms with E-state index >= 15 is 0 Å². The van der Waals surface area contributed by atoms with Gasteiger partial charge in [-0.1, -0.05) is 66.7 Å². The summed E-state index contributed by atoms with van der Waals surface area (Å²) in [7, 11) is 1.45. The van der Waals surface area contributed by atoms with Crippen molar-refractivity contribution in [1.82, 2.24) is 20.9 Å². The average Bonchev–Trinajstić information content (AvgIpc) is 3.26. The Kier molecular flexibility index (Phi) is 16.5. The summed E-state index contributed by atoms with van der Waals surface area (Å²) in [6.07, 6.45) is 5.12. The summed E-state index contributed by atoms with van der Waals surface area (Å²) in [4.78, 5) is 69.9. The van der Waals surface area contributed by atoms with Gasteiger partial charge in [-0.2, -0.15) is 0 Å². The Morgan fingerprint density at radius 1 is 0.803 bits per heavy atom. The minimum atomic E-state index is -1.36. The van der Waals surface area contributed by atoms with Crippen LogP contribution in [0.5, 0.6) is 11.5 Å². The number of fused-ring (bicyclic) bond motifs is 5. The molecule has 4 aromatic carbocycles. The van der Waals surface area contributed by atoms with Crippen LogP contribution in [0, 0.1) is 0 Å². The predicted octanol–water partition coefficient (Wildman–Crippen LogP) is 3.26. The number of nitrogens with one attached hydrogen (secondary N) is 3. The van der Waals surface area contributed by atoms with Gasteiger partial charge in [0.2, 0.25) is 17.7 Å². The molecule has 15 nitrogen and oxygen atoms in total. The second-order valence-corrected chi connectivity index (χ2v) is 14.7. The van der Waals surface area contributed by atoms with E-state index in [4.69, 9.17) is 26.7 Å². The molecule has 10 N–H and O–H groups in total. The van der Waals surface area contributed by atoms with Crippen molar-refractivity contribution in [3.05, 3.63) is 119 Å². The molecule has 4 aromatic rings. The number of carbonyl (C=O) groups is 5. The quantitative estimate of drug-likeness (QED) is 0.0602. The molecule has 0 aromatic heterocycles. The minimum Gasteiger partial charge on any atom is -0.492 e. The Labute approximate surface area is 355 Å². The zero-order chi connectivity index (χ0) is 43.9. The van der Waals surface area contributed by atoms with Crippen molar-refractivity contribution < 1.29 is 38.6 Å². The highest BCUT2D eigenvalue weighted by atomic mass is 16.5. The molecular weight excluding hydrogens is 779 g/mol. The first-order valence-corrected chi connectivity index (χ1v) is 20.3. The number of carbonyl (C=O) groups excluding carboxylic acids is 4. The number of nitrogens with two attached hydrogens (primary N) is 3. The van der Waals surface area contributed by atoms with E-state index in [1.807, 2.05) is 54.6 Å². The molecular formula is C46H55N7O8. The van der Waals surface area contributed by atoms with Gasteiger partial charge in [0.1, 0.15) is 48.9 Å². The van der Waals surface area contributed by atoms with Gasteiger partial charge in [-0.3, -0.25) is 19.2 Å². The largest absolute Gasteiger partial charge is 0.492 e. The molecule has 0 fully saturated rings. The second kappa shape index (κ2) is 22.2. The van der Waals surface area contributed by atoms with Crippen LogP contribution in [0.4, 0.5) is 0 Å². The van der Waals surface area contributed by atoms with Crippen LogP contribution >= 0.6 is 0 Å². The Hall–Kier alpha value is -6.55. The summed E-state index contributed by atoms with van der Waals surface area (Å²) >= 11 is 0. The van der Waals surface area contributed by atoms with Gasteiger partial charge < -0.3 is 52.6 Å². The van der Waals surface area contributed by atoms with Gasteiger partial charge in [-0.25, -0.2) is 4.79 Å². The van der Waals surface area contributed by atoms with Gasteiger partial charge in [0.15, 0.2) is 0 Å². The molecule has 15 heteroatoms. The van der Waals surface area contributed by atoms with Crippen LogP contribution < -0.4 is 42.6 Å². The maximum atomic E-state index is 14.7. The number of rotatable bonds is 17. The van der Waals surface area contributed by atoms with Crippen molar-refractivity contribution in [1.29, 1.82) is 0 Å². The van der Waals surface area contributed by atoms with Crippen LogP contribution in [0.25, 0.3) is 23.3 Å². The molecule has 1 aliphatic heterocycles. The zero-order valence-electron chi connectivity index (χ0n) is 34.5. The van der Waals surface area contributed by atoms with E-state index in [1.165, 1.54) is 18.9 Å². The van der Waals surface area contributed by atoms with Crippen LogP contribution in [-0.4, -0.2) is 97.6 Å². The number of carboxylic acid groups (broad SMARTS) is 1. The fraction of sp³-hybridized carbons (Fsp3) is 0.326. The van der Waals surface area contributed by atoms with Crippen LogP contribution in [0.2, 0.25) is 0 Å². The van der Waals surface area contributed by atoms with Gasteiger partial charge in [-0.05, 0) is 91.4 Å². The third kappa shape index (κ3) is 12.3. The zero-order valence-corrected chi connectivity index (χ0v) is 34.5. The molecule has 0 saturated carbocycles. The molecule has 4 amide bonds. The summed E-state index contributed by atoms with van der Waals surface area (Å²) in [5, 5.41) is 18.2. The van der Waals surface area contributed by atoms with Crippen LogP contribution in [0.1, 0.15) is 64.8 Å². The first kappa shape index (κ1) is 45.5.